The largest absolute Gasteiger partial charge is 0.390 e. The molecule has 0 amide bonds. The van der Waals surface area contributed by atoms with Gasteiger partial charge < -0.3 is 10.2 Å². The Hall–Kier alpha value is -1.07. The molecule has 5 nitrogen and oxygen atoms in total. The van der Waals surface area contributed by atoms with Crippen molar-refractivity contribution in [1.82, 2.24) is 0 Å². The van der Waals surface area contributed by atoms with E-state index in [0.29, 0.717) is 31.1 Å². The second kappa shape index (κ2) is 9.23. The van der Waals surface area contributed by atoms with Crippen molar-refractivity contribution in [3.05, 3.63) is 0 Å². The summed E-state index contributed by atoms with van der Waals surface area (Å²) < 4.78 is 0. The molecule has 1 rings (SSSR count). The van der Waals surface area contributed by atoms with Crippen molar-refractivity contribution in [1.29, 1.82) is 0 Å². The zero-order valence-corrected chi connectivity index (χ0v) is 17.1. The van der Waals surface area contributed by atoms with Gasteiger partial charge in [0.1, 0.15) is 5.92 Å². The average Bonchev–Trinajstić information content (AvgIpc) is 2.69. The highest BCUT2D eigenvalue weighted by Crippen LogP contribution is 2.42. The second-order valence-corrected chi connectivity index (χ2v) is 9.10. The Morgan fingerprint density at radius 1 is 0.962 bits per heavy atom. The van der Waals surface area contributed by atoms with Gasteiger partial charge in [-0.25, -0.2) is 0 Å². The van der Waals surface area contributed by atoms with E-state index in [2.05, 4.69) is 0 Å². The highest BCUT2D eigenvalue weighted by atomic mass is 16.4. The minimum absolute atomic E-state index is 0.0248. The molecule has 0 heterocycles. The smallest absolute Gasteiger partial charge is 0.185 e. The van der Waals surface area contributed by atoms with E-state index in [-0.39, 0.29) is 18.8 Å². The van der Waals surface area contributed by atoms with Gasteiger partial charge in [0.2, 0.25) is 0 Å². The van der Waals surface area contributed by atoms with Crippen molar-refractivity contribution in [2.45, 2.75) is 85.4 Å². The number of hydrogen-bond donors (Lipinski definition) is 2. The predicted molar refractivity (Wildman–Crippen MR) is 101 cm³/mol. The second-order valence-electron chi connectivity index (χ2n) is 9.10. The number of aliphatic hydroxyl groups excluding tert-OH is 1. The predicted octanol–water partition coefficient (Wildman–Crippen LogP) is 2.95. The summed E-state index contributed by atoms with van der Waals surface area (Å²) in [5, 5.41) is 21.8. The van der Waals surface area contributed by atoms with E-state index < -0.39 is 40.9 Å². The number of carbonyl (C=O) groups excluding carboxylic acids is 3. The van der Waals surface area contributed by atoms with Gasteiger partial charge >= 0.3 is 0 Å². The van der Waals surface area contributed by atoms with Gasteiger partial charge in [-0.2, -0.15) is 0 Å². The Bertz CT molecular complexity index is 522. The van der Waals surface area contributed by atoms with Crippen LogP contribution in [0.1, 0.15) is 73.6 Å². The minimum atomic E-state index is -2.14. The Labute approximate surface area is 157 Å². The van der Waals surface area contributed by atoms with Gasteiger partial charge in [-0.1, -0.05) is 48.0 Å². The molecule has 0 saturated heterocycles. The normalized spacial score (nSPS) is 27.8. The van der Waals surface area contributed by atoms with Crippen molar-refractivity contribution in [2.24, 2.45) is 29.6 Å². The molecule has 0 radical (unpaired) electrons. The lowest BCUT2D eigenvalue weighted by Gasteiger charge is -2.33. The molecule has 150 valence electrons. The maximum absolute atomic E-state index is 13.0. The van der Waals surface area contributed by atoms with Crippen molar-refractivity contribution < 1.29 is 24.6 Å². The van der Waals surface area contributed by atoms with E-state index in [1.54, 1.807) is 0 Å². The summed E-state index contributed by atoms with van der Waals surface area (Å²) in [7, 11) is 0. The van der Waals surface area contributed by atoms with Crippen LogP contribution in [-0.2, 0) is 14.4 Å². The van der Waals surface area contributed by atoms with Crippen molar-refractivity contribution >= 4 is 17.3 Å². The lowest BCUT2D eigenvalue weighted by Crippen LogP contribution is -2.52. The summed E-state index contributed by atoms with van der Waals surface area (Å²) >= 11 is 0. The molecular formula is C21H36O5. The molecule has 4 atom stereocenters. The number of aliphatic hydroxyl groups is 2. The molecular weight excluding hydrogens is 332 g/mol. The van der Waals surface area contributed by atoms with Crippen LogP contribution in [0.25, 0.3) is 0 Å². The monoisotopic (exact) mass is 368 g/mol. The van der Waals surface area contributed by atoms with Crippen LogP contribution >= 0.6 is 0 Å². The van der Waals surface area contributed by atoms with Crippen molar-refractivity contribution in [3.8, 4) is 0 Å². The fourth-order valence-electron chi connectivity index (χ4n) is 3.75. The number of Topliss-reactive ketones (excluding diaryl/α,β-unsaturated/α-hetero) is 3. The maximum atomic E-state index is 13.0. The van der Waals surface area contributed by atoms with Gasteiger partial charge in [-0.3, -0.25) is 14.4 Å². The number of rotatable bonds is 10. The number of ketones is 3. The Morgan fingerprint density at radius 2 is 1.50 bits per heavy atom. The zero-order chi connectivity index (χ0) is 20.2. The molecule has 1 saturated carbocycles. The van der Waals surface area contributed by atoms with Crippen LogP contribution in [0.3, 0.4) is 0 Å². The van der Waals surface area contributed by atoms with Crippen molar-refractivity contribution in [3.63, 3.8) is 0 Å². The molecule has 1 aliphatic carbocycles. The number of carbonyl (C=O) groups is 3. The van der Waals surface area contributed by atoms with Crippen LogP contribution in [-0.4, -0.2) is 39.3 Å². The topological polar surface area (TPSA) is 91.7 Å². The molecule has 0 bridgehead atoms. The lowest BCUT2D eigenvalue weighted by atomic mass is 9.78. The molecule has 0 aromatic heterocycles. The fourth-order valence-corrected chi connectivity index (χ4v) is 3.75. The summed E-state index contributed by atoms with van der Waals surface area (Å²) in [6, 6.07) is 0. The Morgan fingerprint density at radius 3 is 1.96 bits per heavy atom. The molecule has 5 heteroatoms. The molecule has 1 fully saturated rings. The standard InChI is InChI=1S/C21H36O5/c1-12(2)7-9-15-19(24)18(16(22)11-14(5)6)20(25)21(15,26)17(23)10-8-13(3)4/h12-15,17-18,23,26H,7-11H2,1-6H3/t15-,17?,18?,21-/m0/s1. The molecule has 0 spiro atoms. The highest BCUT2D eigenvalue weighted by molar-refractivity contribution is 6.27. The summed E-state index contributed by atoms with van der Waals surface area (Å²) in [5.41, 5.74) is -2.14. The average molecular weight is 369 g/mol. The van der Waals surface area contributed by atoms with Crippen LogP contribution in [0.2, 0.25) is 0 Å². The van der Waals surface area contributed by atoms with Gasteiger partial charge in [0.15, 0.2) is 23.0 Å². The van der Waals surface area contributed by atoms with Gasteiger partial charge in [-0.15, -0.1) is 0 Å². The minimum Gasteiger partial charge on any atom is -0.390 e. The van der Waals surface area contributed by atoms with Gasteiger partial charge in [-0.05, 0) is 37.0 Å². The van der Waals surface area contributed by atoms with Crippen LogP contribution < -0.4 is 0 Å². The molecule has 2 unspecified atom stereocenters. The maximum Gasteiger partial charge on any atom is 0.185 e. The molecule has 26 heavy (non-hydrogen) atoms. The summed E-state index contributed by atoms with van der Waals surface area (Å²) in [4.78, 5) is 38.3. The fraction of sp³-hybridized carbons (Fsp3) is 0.857. The first-order chi connectivity index (χ1) is 11.9. The summed E-state index contributed by atoms with van der Waals surface area (Å²) in [6.07, 6.45) is 0.618. The Balaban J connectivity index is 3.17. The van der Waals surface area contributed by atoms with E-state index in [1.165, 1.54) is 0 Å². The van der Waals surface area contributed by atoms with E-state index in [9.17, 15) is 24.6 Å². The molecule has 0 aliphatic heterocycles. The third-order valence-corrected chi connectivity index (χ3v) is 5.31. The van der Waals surface area contributed by atoms with Gasteiger partial charge in [0.25, 0.3) is 0 Å². The Kier molecular flexibility index (Phi) is 8.15. The number of hydrogen-bond acceptors (Lipinski definition) is 5. The summed E-state index contributed by atoms with van der Waals surface area (Å²) in [6.45, 7) is 11.7. The molecule has 0 aromatic carbocycles. The van der Waals surface area contributed by atoms with E-state index in [1.807, 2.05) is 41.5 Å². The van der Waals surface area contributed by atoms with Gasteiger partial charge in [0.05, 0.1) is 12.0 Å². The van der Waals surface area contributed by atoms with Gasteiger partial charge in [0, 0.05) is 6.42 Å². The van der Waals surface area contributed by atoms with E-state index in [4.69, 9.17) is 0 Å². The third-order valence-electron chi connectivity index (χ3n) is 5.31. The first kappa shape index (κ1) is 23.0. The summed E-state index contributed by atoms with van der Waals surface area (Å²) in [5.74, 6) is -3.54. The van der Waals surface area contributed by atoms with E-state index >= 15 is 0 Å². The lowest BCUT2D eigenvalue weighted by molar-refractivity contribution is -0.157. The van der Waals surface area contributed by atoms with Crippen LogP contribution in [0, 0.1) is 29.6 Å². The molecule has 1 aliphatic rings. The SMILES string of the molecule is CC(C)CCC(O)[C@]1(O)C(=O)C(C(=O)CC(C)C)C(=O)[C@@H]1CCC(C)C. The van der Waals surface area contributed by atoms with E-state index in [0.717, 1.165) is 0 Å². The quantitative estimate of drug-likeness (QED) is 0.579. The first-order valence-electron chi connectivity index (χ1n) is 9.94. The zero-order valence-electron chi connectivity index (χ0n) is 17.1. The van der Waals surface area contributed by atoms with Crippen LogP contribution in [0.4, 0.5) is 0 Å². The molecule has 0 aromatic rings. The first-order valence-corrected chi connectivity index (χ1v) is 9.94. The highest BCUT2D eigenvalue weighted by Gasteiger charge is 2.63. The van der Waals surface area contributed by atoms with Crippen molar-refractivity contribution in [2.75, 3.05) is 0 Å². The third kappa shape index (κ3) is 5.01. The van der Waals surface area contributed by atoms with Crippen LogP contribution in [0.5, 0.6) is 0 Å². The van der Waals surface area contributed by atoms with Crippen LogP contribution in [0.15, 0.2) is 0 Å². The molecule has 2 N–H and O–H groups in total.